The van der Waals surface area contributed by atoms with Crippen molar-refractivity contribution in [3.05, 3.63) is 35.6 Å². The topological polar surface area (TPSA) is 41.1 Å². The van der Waals surface area contributed by atoms with E-state index in [0.717, 1.165) is 12.0 Å². The maximum atomic E-state index is 12.7. The maximum absolute atomic E-state index is 12.7. The normalized spacial score (nSPS) is 23.1. The van der Waals surface area contributed by atoms with Gasteiger partial charge in [0.15, 0.2) is 0 Å². The lowest BCUT2D eigenvalue weighted by Crippen LogP contribution is -2.47. The summed E-state index contributed by atoms with van der Waals surface area (Å²) in [7, 11) is 0. The van der Waals surface area contributed by atoms with Crippen LogP contribution in [-0.4, -0.2) is 24.5 Å². The van der Waals surface area contributed by atoms with Crippen LogP contribution in [-0.2, 0) is 11.2 Å². The van der Waals surface area contributed by atoms with Gasteiger partial charge in [-0.3, -0.25) is 4.79 Å². The van der Waals surface area contributed by atoms with Gasteiger partial charge in [0.1, 0.15) is 5.82 Å². The molecule has 1 amide bonds. The standard InChI is InChI=1S/C15H21FN2O/c1-11-3-2-4-14(18-11)10-17-15(19)9-12-5-7-13(16)8-6-12/h5-8,11,14,18H,2-4,9-10H2,1H3,(H,17,19). The smallest absolute Gasteiger partial charge is 0.224 e. The van der Waals surface area contributed by atoms with E-state index < -0.39 is 0 Å². The van der Waals surface area contributed by atoms with Gasteiger partial charge in [0.25, 0.3) is 0 Å². The van der Waals surface area contributed by atoms with Gasteiger partial charge < -0.3 is 10.6 Å². The molecule has 0 spiro atoms. The fourth-order valence-electron chi connectivity index (χ4n) is 2.49. The van der Waals surface area contributed by atoms with Crippen LogP contribution in [0.4, 0.5) is 4.39 Å². The minimum absolute atomic E-state index is 0.00775. The largest absolute Gasteiger partial charge is 0.354 e. The molecule has 4 heteroatoms. The van der Waals surface area contributed by atoms with Crippen molar-refractivity contribution in [1.82, 2.24) is 10.6 Å². The summed E-state index contributed by atoms with van der Waals surface area (Å²) in [5.74, 6) is -0.281. The Hall–Kier alpha value is -1.42. The van der Waals surface area contributed by atoms with Crippen LogP contribution in [0.5, 0.6) is 0 Å². The van der Waals surface area contributed by atoms with Gasteiger partial charge in [0, 0.05) is 18.6 Å². The summed E-state index contributed by atoms with van der Waals surface area (Å²) in [4.78, 5) is 11.8. The highest BCUT2D eigenvalue weighted by atomic mass is 19.1. The second kappa shape index (κ2) is 6.66. The van der Waals surface area contributed by atoms with E-state index in [9.17, 15) is 9.18 Å². The molecule has 19 heavy (non-hydrogen) atoms. The third-order valence-electron chi connectivity index (χ3n) is 3.53. The van der Waals surface area contributed by atoms with Crippen molar-refractivity contribution in [2.45, 2.75) is 44.7 Å². The minimum atomic E-state index is -0.274. The molecule has 3 nitrogen and oxygen atoms in total. The molecule has 1 fully saturated rings. The van der Waals surface area contributed by atoms with Crippen LogP contribution < -0.4 is 10.6 Å². The van der Waals surface area contributed by atoms with Crippen molar-refractivity contribution in [1.29, 1.82) is 0 Å². The Morgan fingerprint density at radius 2 is 2.11 bits per heavy atom. The van der Waals surface area contributed by atoms with E-state index in [0.29, 0.717) is 25.0 Å². The Morgan fingerprint density at radius 1 is 1.37 bits per heavy atom. The lowest BCUT2D eigenvalue weighted by molar-refractivity contribution is -0.120. The second-order valence-corrected chi connectivity index (χ2v) is 5.30. The molecule has 1 aromatic rings. The number of benzene rings is 1. The van der Waals surface area contributed by atoms with Gasteiger partial charge in [-0.15, -0.1) is 0 Å². The number of hydrogen-bond donors (Lipinski definition) is 2. The van der Waals surface area contributed by atoms with Gasteiger partial charge in [0.05, 0.1) is 6.42 Å². The summed E-state index contributed by atoms with van der Waals surface area (Å²) in [6.07, 6.45) is 3.84. The van der Waals surface area contributed by atoms with Crippen molar-refractivity contribution >= 4 is 5.91 Å². The Morgan fingerprint density at radius 3 is 2.79 bits per heavy atom. The lowest BCUT2D eigenvalue weighted by atomic mass is 9.99. The Bertz CT molecular complexity index is 419. The van der Waals surface area contributed by atoms with Gasteiger partial charge >= 0.3 is 0 Å². The van der Waals surface area contributed by atoms with Crippen LogP contribution in [0.15, 0.2) is 24.3 Å². The zero-order chi connectivity index (χ0) is 13.7. The molecule has 0 aromatic heterocycles. The summed E-state index contributed by atoms with van der Waals surface area (Å²) < 4.78 is 12.7. The van der Waals surface area contributed by atoms with Gasteiger partial charge in [-0.1, -0.05) is 18.6 Å². The average molecular weight is 264 g/mol. The van der Waals surface area contributed by atoms with Crippen LogP contribution in [0, 0.1) is 5.82 Å². The first-order valence-electron chi connectivity index (χ1n) is 6.90. The quantitative estimate of drug-likeness (QED) is 0.873. The molecular weight excluding hydrogens is 243 g/mol. The van der Waals surface area contributed by atoms with Gasteiger partial charge in [-0.05, 0) is 37.5 Å². The minimum Gasteiger partial charge on any atom is -0.354 e. The lowest BCUT2D eigenvalue weighted by Gasteiger charge is -2.28. The molecule has 2 atom stereocenters. The Kier molecular flexibility index (Phi) is 4.91. The number of halogens is 1. The summed E-state index contributed by atoms with van der Waals surface area (Å²) in [6, 6.07) is 6.97. The van der Waals surface area contributed by atoms with E-state index in [1.807, 2.05) is 0 Å². The third-order valence-corrected chi connectivity index (χ3v) is 3.53. The first-order valence-corrected chi connectivity index (χ1v) is 6.90. The number of piperidine rings is 1. The second-order valence-electron chi connectivity index (χ2n) is 5.30. The molecule has 0 radical (unpaired) electrons. The SMILES string of the molecule is CC1CCCC(CNC(=O)Cc2ccc(F)cc2)N1. The van der Waals surface area contributed by atoms with Crippen molar-refractivity contribution in [2.24, 2.45) is 0 Å². The molecule has 1 saturated heterocycles. The summed E-state index contributed by atoms with van der Waals surface area (Å²) in [5.41, 5.74) is 0.837. The van der Waals surface area contributed by atoms with E-state index in [1.165, 1.54) is 25.0 Å². The summed E-state index contributed by atoms with van der Waals surface area (Å²) in [6.45, 7) is 2.84. The Labute approximate surface area is 113 Å². The van der Waals surface area contributed by atoms with E-state index in [2.05, 4.69) is 17.6 Å². The highest BCUT2D eigenvalue weighted by Gasteiger charge is 2.17. The maximum Gasteiger partial charge on any atom is 0.224 e. The molecular formula is C15H21FN2O. The molecule has 1 aromatic carbocycles. The predicted octanol–water partition coefficient (Wildman–Crippen LogP) is 2.02. The molecule has 2 unspecified atom stereocenters. The van der Waals surface area contributed by atoms with Crippen LogP contribution in [0.1, 0.15) is 31.7 Å². The zero-order valence-electron chi connectivity index (χ0n) is 11.3. The number of hydrogen-bond acceptors (Lipinski definition) is 2. The van der Waals surface area contributed by atoms with Crippen LogP contribution in [0.25, 0.3) is 0 Å². The molecule has 0 aliphatic carbocycles. The highest BCUT2D eigenvalue weighted by molar-refractivity contribution is 5.78. The molecule has 1 aliphatic rings. The van der Waals surface area contributed by atoms with E-state index in [1.54, 1.807) is 12.1 Å². The fraction of sp³-hybridized carbons (Fsp3) is 0.533. The van der Waals surface area contributed by atoms with Gasteiger partial charge in [0.2, 0.25) is 5.91 Å². The van der Waals surface area contributed by atoms with Crippen molar-refractivity contribution < 1.29 is 9.18 Å². The molecule has 104 valence electrons. The van der Waals surface area contributed by atoms with Crippen LogP contribution in [0.3, 0.4) is 0 Å². The van der Waals surface area contributed by atoms with Crippen molar-refractivity contribution in [2.75, 3.05) is 6.54 Å². The molecule has 0 saturated carbocycles. The molecule has 1 aliphatic heterocycles. The summed E-state index contributed by atoms with van der Waals surface area (Å²) in [5, 5.41) is 6.42. The van der Waals surface area contributed by atoms with E-state index in [-0.39, 0.29) is 11.7 Å². The third kappa shape index (κ3) is 4.63. The molecule has 2 N–H and O–H groups in total. The average Bonchev–Trinajstić information content (AvgIpc) is 2.39. The number of amides is 1. The number of nitrogens with one attached hydrogen (secondary N) is 2. The first-order chi connectivity index (χ1) is 9.13. The first kappa shape index (κ1) is 14.0. The predicted molar refractivity (Wildman–Crippen MR) is 73.4 cm³/mol. The van der Waals surface area contributed by atoms with Gasteiger partial charge in [-0.25, -0.2) is 4.39 Å². The van der Waals surface area contributed by atoms with E-state index in [4.69, 9.17) is 0 Å². The van der Waals surface area contributed by atoms with Crippen molar-refractivity contribution in [3.63, 3.8) is 0 Å². The molecule has 0 bridgehead atoms. The molecule has 1 heterocycles. The zero-order valence-corrected chi connectivity index (χ0v) is 11.3. The fourth-order valence-corrected chi connectivity index (χ4v) is 2.49. The van der Waals surface area contributed by atoms with Crippen LogP contribution in [0.2, 0.25) is 0 Å². The number of rotatable bonds is 4. The molecule has 2 rings (SSSR count). The van der Waals surface area contributed by atoms with Crippen LogP contribution >= 0.6 is 0 Å². The monoisotopic (exact) mass is 264 g/mol. The van der Waals surface area contributed by atoms with E-state index >= 15 is 0 Å². The number of carbonyl (C=O) groups excluding carboxylic acids is 1. The summed E-state index contributed by atoms with van der Waals surface area (Å²) >= 11 is 0. The van der Waals surface area contributed by atoms with Gasteiger partial charge in [-0.2, -0.15) is 0 Å². The highest BCUT2D eigenvalue weighted by Crippen LogP contribution is 2.11. The number of carbonyl (C=O) groups is 1. The Balaban J connectivity index is 1.73. The van der Waals surface area contributed by atoms with Crippen molar-refractivity contribution in [3.8, 4) is 0 Å².